The van der Waals surface area contributed by atoms with Crippen LogP contribution in [-0.2, 0) is 0 Å². The fraction of sp³-hybridized carbons (Fsp3) is 0.571. The van der Waals surface area contributed by atoms with Gasteiger partial charge in [0.1, 0.15) is 5.75 Å². The van der Waals surface area contributed by atoms with Gasteiger partial charge in [0.15, 0.2) is 0 Å². The van der Waals surface area contributed by atoms with Gasteiger partial charge in [-0.3, -0.25) is 0 Å². The number of methoxy groups -OCH3 is 1. The molecule has 0 aliphatic heterocycles. The van der Waals surface area contributed by atoms with Crippen molar-refractivity contribution in [2.24, 2.45) is 5.92 Å². The van der Waals surface area contributed by atoms with Crippen molar-refractivity contribution < 1.29 is 9.84 Å². The van der Waals surface area contributed by atoms with Crippen LogP contribution in [-0.4, -0.2) is 12.2 Å². The summed E-state index contributed by atoms with van der Waals surface area (Å²) >= 11 is 0. The van der Waals surface area contributed by atoms with E-state index in [0.717, 1.165) is 29.2 Å². The second kappa shape index (κ2) is 4.46. The van der Waals surface area contributed by atoms with E-state index in [0.29, 0.717) is 0 Å². The molecule has 0 aromatic heterocycles. The minimum absolute atomic E-state index is 0.372. The Kier molecular flexibility index (Phi) is 3.20. The van der Waals surface area contributed by atoms with Gasteiger partial charge in [-0.2, -0.15) is 0 Å². The first-order valence-electron chi connectivity index (χ1n) is 5.95. The molecule has 2 nitrogen and oxygen atoms in total. The first-order valence-corrected chi connectivity index (χ1v) is 5.95. The number of rotatable bonds is 4. The largest absolute Gasteiger partial charge is 0.496 e. The summed E-state index contributed by atoms with van der Waals surface area (Å²) in [5.74, 6) is 1.55. The summed E-state index contributed by atoms with van der Waals surface area (Å²) in [6.07, 6.45) is 3.04. The highest BCUT2D eigenvalue weighted by Crippen LogP contribution is 2.40. The van der Waals surface area contributed by atoms with Crippen molar-refractivity contribution in [3.8, 4) is 5.75 Å². The predicted molar refractivity (Wildman–Crippen MR) is 64.8 cm³/mol. The molecule has 2 rings (SSSR count). The summed E-state index contributed by atoms with van der Waals surface area (Å²) < 4.78 is 5.37. The van der Waals surface area contributed by atoms with E-state index < -0.39 is 0 Å². The monoisotopic (exact) mass is 220 g/mol. The van der Waals surface area contributed by atoms with Crippen molar-refractivity contribution in [1.82, 2.24) is 0 Å². The quantitative estimate of drug-likeness (QED) is 0.844. The topological polar surface area (TPSA) is 29.5 Å². The smallest absolute Gasteiger partial charge is 0.125 e. The molecule has 2 heteroatoms. The van der Waals surface area contributed by atoms with E-state index in [-0.39, 0.29) is 6.10 Å². The first-order chi connectivity index (χ1) is 7.61. The highest BCUT2D eigenvalue weighted by atomic mass is 16.5. The molecule has 1 fully saturated rings. The van der Waals surface area contributed by atoms with Crippen LogP contribution in [0.5, 0.6) is 5.75 Å². The summed E-state index contributed by atoms with van der Waals surface area (Å²) in [5, 5.41) is 10.2. The van der Waals surface area contributed by atoms with Gasteiger partial charge in [-0.15, -0.1) is 0 Å². The molecule has 1 atom stereocenters. The van der Waals surface area contributed by atoms with Crippen molar-refractivity contribution in [2.75, 3.05) is 7.11 Å². The van der Waals surface area contributed by atoms with Crippen molar-refractivity contribution in [2.45, 2.75) is 39.2 Å². The molecule has 1 aromatic rings. The normalized spacial score (nSPS) is 17.2. The van der Waals surface area contributed by atoms with E-state index in [9.17, 15) is 5.11 Å². The Morgan fingerprint density at radius 2 is 2.06 bits per heavy atom. The molecule has 1 aliphatic rings. The molecule has 1 saturated carbocycles. The highest BCUT2D eigenvalue weighted by Gasteiger charge is 2.27. The molecule has 1 aromatic carbocycles. The van der Waals surface area contributed by atoms with Gasteiger partial charge in [0.2, 0.25) is 0 Å². The molecule has 0 heterocycles. The SMILES string of the molecule is COc1cc(C)cc(C)c1C(O)CC1CC1. The van der Waals surface area contributed by atoms with Crippen molar-refractivity contribution >= 4 is 0 Å². The van der Waals surface area contributed by atoms with Gasteiger partial charge in [0.05, 0.1) is 13.2 Å². The van der Waals surface area contributed by atoms with E-state index in [2.05, 4.69) is 6.07 Å². The molecule has 0 saturated heterocycles. The van der Waals surface area contributed by atoms with Crippen LogP contribution in [0.1, 0.15) is 42.1 Å². The number of hydrogen-bond donors (Lipinski definition) is 1. The van der Waals surface area contributed by atoms with Crippen LogP contribution >= 0.6 is 0 Å². The highest BCUT2D eigenvalue weighted by molar-refractivity contribution is 5.44. The maximum atomic E-state index is 10.2. The van der Waals surface area contributed by atoms with Crippen molar-refractivity contribution in [1.29, 1.82) is 0 Å². The molecule has 0 radical (unpaired) electrons. The van der Waals surface area contributed by atoms with Crippen molar-refractivity contribution in [3.63, 3.8) is 0 Å². The van der Waals surface area contributed by atoms with Gasteiger partial charge < -0.3 is 9.84 Å². The summed E-state index contributed by atoms with van der Waals surface area (Å²) in [5.41, 5.74) is 3.28. The lowest BCUT2D eigenvalue weighted by Gasteiger charge is -2.18. The lowest BCUT2D eigenvalue weighted by Crippen LogP contribution is -2.04. The molecule has 1 N–H and O–H groups in total. The zero-order valence-electron chi connectivity index (χ0n) is 10.3. The maximum absolute atomic E-state index is 10.2. The second-order valence-corrected chi connectivity index (χ2v) is 4.89. The summed E-state index contributed by atoms with van der Waals surface area (Å²) in [4.78, 5) is 0. The molecule has 0 bridgehead atoms. The third-order valence-corrected chi connectivity index (χ3v) is 3.30. The first kappa shape index (κ1) is 11.5. The third kappa shape index (κ3) is 2.38. The minimum atomic E-state index is -0.372. The van der Waals surface area contributed by atoms with E-state index in [1.54, 1.807) is 7.11 Å². The Morgan fingerprint density at radius 1 is 1.38 bits per heavy atom. The minimum Gasteiger partial charge on any atom is -0.496 e. The van der Waals surface area contributed by atoms with Crippen LogP contribution in [0.15, 0.2) is 12.1 Å². The number of aliphatic hydroxyl groups is 1. The van der Waals surface area contributed by atoms with Crippen LogP contribution in [0.4, 0.5) is 0 Å². The van der Waals surface area contributed by atoms with Crippen LogP contribution in [0.2, 0.25) is 0 Å². The standard InChI is InChI=1S/C14H20O2/c1-9-6-10(2)14(13(7-9)16-3)12(15)8-11-4-5-11/h6-7,11-12,15H,4-5,8H2,1-3H3. The summed E-state index contributed by atoms with van der Waals surface area (Å²) in [6, 6.07) is 4.10. The average Bonchev–Trinajstić information content (AvgIpc) is 2.99. The number of benzene rings is 1. The number of ether oxygens (including phenoxy) is 1. The Morgan fingerprint density at radius 3 is 2.62 bits per heavy atom. The molecule has 1 aliphatic carbocycles. The van der Waals surface area contributed by atoms with Gasteiger partial charge in [-0.25, -0.2) is 0 Å². The molecule has 0 spiro atoms. The fourth-order valence-corrected chi connectivity index (χ4v) is 2.32. The van der Waals surface area contributed by atoms with Crippen LogP contribution in [0.25, 0.3) is 0 Å². The average molecular weight is 220 g/mol. The Labute approximate surface area is 97.3 Å². The molecule has 0 amide bonds. The van der Waals surface area contributed by atoms with E-state index in [1.807, 2.05) is 19.9 Å². The molecular formula is C14H20O2. The Bertz CT molecular complexity index is 381. The zero-order valence-corrected chi connectivity index (χ0v) is 10.3. The van der Waals surface area contributed by atoms with Gasteiger partial charge >= 0.3 is 0 Å². The Hall–Kier alpha value is -1.02. The summed E-state index contributed by atoms with van der Waals surface area (Å²) in [7, 11) is 1.67. The zero-order chi connectivity index (χ0) is 11.7. The third-order valence-electron chi connectivity index (χ3n) is 3.30. The molecule has 16 heavy (non-hydrogen) atoms. The van der Waals surface area contributed by atoms with E-state index >= 15 is 0 Å². The number of aryl methyl sites for hydroxylation is 2. The van der Waals surface area contributed by atoms with E-state index in [4.69, 9.17) is 4.74 Å². The van der Waals surface area contributed by atoms with Crippen LogP contribution in [0, 0.1) is 19.8 Å². The molecule has 1 unspecified atom stereocenters. The lowest BCUT2D eigenvalue weighted by atomic mass is 9.96. The number of aliphatic hydroxyl groups excluding tert-OH is 1. The maximum Gasteiger partial charge on any atom is 0.125 e. The van der Waals surface area contributed by atoms with Crippen molar-refractivity contribution in [3.05, 3.63) is 28.8 Å². The van der Waals surface area contributed by atoms with Gasteiger partial charge in [-0.1, -0.05) is 18.9 Å². The van der Waals surface area contributed by atoms with E-state index in [1.165, 1.54) is 18.4 Å². The van der Waals surface area contributed by atoms with Gasteiger partial charge in [0.25, 0.3) is 0 Å². The van der Waals surface area contributed by atoms with Gasteiger partial charge in [0, 0.05) is 5.56 Å². The number of hydrogen-bond acceptors (Lipinski definition) is 2. The summed E-state index contributed by atoms with van der Waals surface area (Å²) in [6.45, 7) is 4.09. The molecular weight excluding hydrogens is 200 g/mol. The van der Waals surface area contributed by atoms with Crippen LogP contribution in [0.3, 0.4) is 0 Å². The second-order valence-electron chi connectivity index (χ2n) is 4.89. The Balaban J connectivity index is 2.28. The molecule has 88 valence electrons. The van der Waals surface area contributed by atoms with Gasteiger partial charge in [-0.05, 0) is 43.4 Å². The predicted octanol–water partition coefficient (Wildman–Crippen LogP) is 3.15. The fourth-order valence-electron chi connectivity index (χ4n) is 2.32. The van der Waals surface area contributed by atoms with Crippen LogP contribution < -0.4 is 4.74 Å². The lowest BCUT2D eigenvalue weighted by molar-refractivity contribution is 0.155.